The molecule has 0 heterocycles. The van der Waals surface area contributed by atoms with Crippen LogP contribution in [0.3, 0.4) is 0 Å². The molecular weight excluding hydrogens is 417 g/mol. The number of benzene rings is 1. The number of hydrogen-bond donors (Lipinski definition) is 2. The number of carbonyl (C=O) groups excluding carboxylic acids is 1. The molecule has 1 aromatic rings. The van der Waals surface area contributed by atoms with Crippen LogP contribution in [0.2, 0.25) is 0 Å². The van der Waals surface area contributed by atoms with Crippen LogP contribution in [-0.4, -0.2) is 49.1 Å². The van der Waals surface area contributed by atoms with E-state index in [-0.39, 0.29) is 36.6 Å². The van der Waals surface area contributed by atoms with Crippen LogP contribution in [-0.2, 0) is 30.0 Å². The van der Waals surface area contributed by atoms with Gasteiger partial charge in [0.1, 0.15) is 6.61 Å². The Morgan fingerprint density at radius 2 is 1.90 bits per heavy atom. The highest BCUT2D eigenvalue weighted by molar-refractivity contribution is 7.59. The molecule has 1 rings (SSSR count). The summed E-state index contributed by atoms with van der Waals surface area (Å²) in [6, 6.07) is 9.51. The van der Waals surface area contributed by atoms with Crippen LogP contribution < -0.4 is 5.32 Å². The Morgan fingerprint density at radius 3 is 2.52 bits per heavy atom. The van der Waals surface area contributed by atoms with E-state index in [1.54, 1.807) is 13.0 Å². The van der Waals surface area contributed by atoms with Crippen LogP contribution in [0.4, 0.5) is 0 Å². The van der Waals surface area contributed by atoms with Crippen LogP contribution in [0.5, 0.6) is 0 Å². The predicted molar refractivity (Wildman–Crippen MR) is 122 cm³/mol. The molecule has 2 N–H and O–H groups in total. The fourth-order valence-electron chi connectivity index (χ4n) is 3.06. The summed E-state index contributed by atoms with van der Waals surface area (Å²) in [5, 5.41) is 12.6. The van der Waals surface area contributed by atoms with Crippen molar-refractivity contribution < 1.29 is 28.5 Å². The summed E-state index contributed by atoms with van der Waals surface area (Å²) in [5.41, 5.74) is 1.09. The zero-order valence-electron chi connectivity index (χ0n) is 18.8. The third-order valence-electron chi connectivity index (χ3n) is 4.39. The number of aliphatic carboxylic acids is 1. The standard InChI is InChI=1S/C23H36NO6P/c1-4-30-31(28,17-19(2)3)18-21(23(26)27)12-8-9-14-24-15-13-22(25)29-16-20-10-6-5-7-11-20/h5-7,10-12,19,24H,4,8-9,13-18H2,1-3H3,(H,26,27)/b21-12+. The topological polar surface area (TPSA) is 102 Å². The van der Waals surface area contributed by atoms with Crippen molar-refractivity contribution in [2.75, 3.05) is 32.0 Å². The van der Waals surface area contributed by atoms with E-state index in [0.29, 0.717) is 38.7 Å². The number of esters is 1. The number of hydrogen-bond acceptors (Lipinski definition) is 6. The number of ether oxygens (including phenoxy) is 1. The summed E-state index contributed by atoms with van der Waals surface area (Å²) in [6.45, 7) is 7.36. The maximum absolute atomic E-state index is 12.9. The first-order chi connectivity index (χ1) is 14.8. The van der Waals surface area contributed by atoms with Gasteiger partial charge < -0.3 is 19.7 Å². The van der Waals surface area contributed by atoms with Crippen molar-refractivity contribution in [2.45, 2.75) is 46.6 Å². The van der Waals surface area contributed by atoms with Crippen LogP contribution >= 0.6 is 7.37 Å². The van der Waals surface area contributed by atoms with Gasteiger partial charge >= 0.3 is 11.9 Å². The molecule has 0 aliphatic rings. The van der Waals surface area contributed by atoms with Gasteiger partial charge in [0.15, 0.2) is 0 Å². The highest BCUT2D eigenvalue weighted by Crippen LogP contribution is 2.50. The van der Waals surface area contributed by atoms with E-state index in [0.717, 1.165) is 5.56 Å². The Kier molecular flexibility index (Phi) is 13.1. The van der Waals surface area contributed by atoms with Crippen molar-refractivity contribution in [1.82, 2.24) is 5.32 Å². The maximum atomic E-state index is 12.9. The van der Waals surface area contributed by atoms with Gasteiger partial charge in [-0.3, -0.25) is 9.36 Å². The third-order valence-corrected chi connectivity index (χ3v) is 7.23. The highest BCUT2D eigenvalue weighted by atomic mass is 31.2. The molecule has 1 aromatic carbocycles. The minimum Gasteiger partial charge on any atom is -0.478 e. The Labute approximate surface area is 185 Å². The SMILES string of the molecule is CCOP(=O)(C/C(=C\CCCNCCC(=O)OCc1ccccc1)C(=O)O)CC(C)C. The molecule has 0 fully saturated rings. The first-order valence-electron chi connectivity index (χ1n) is 10.8. The average Bonchev–Trinajstić information content (AvgIpc) is 2.70. The van der Waals surface area contributed by atoms with Gasteiger partial charge in [0, 0.05) is 18.3 Å². The van der Waals surface area contributed by atoms with Crippen molar-refractivity contribution in [3.63, 3.8) is 0 Å². The fraction of sp³-hybridized carbons (Fsp3) is 0.565. The first kappa shape index (κ1) is 27.1. The number of rotatable bonds is 16. The van der Waals surface area contributed by atoms with Crippen molar-refractivity contribution in [2.24, 2.45) is 5.92 Å². The molecule has 0 saturated carbocycles. The second kappa shape index (κ2) is 15.0. The summed E-state index contributed by atoms with van der Waals surface area (Å²) in [4.78, 5) is 23.3. The monoisotopic (exact) mass is 453 g/mol. The number of carbonyl (C=O) groups is 2. The maximum Gasteiger partial charge on any atom is 0.331 e. The summed E-state index contributed by atoms with van der Waals surface area (Å²) < 4.78 is 23.6. The molecule has 1 atom stereocenters. The van der Waals surface area contributed by atoms with Crippen molar-refractivity contribution in [1.29, 1.82) is 0 Å². The van der Waals surface area contributed by atoms with E-state index in [1.165, 1.54) is 0 Å². The Hall–Kier alpha value is -1.95. The van der Waals surface area contributed by atoms with Crippen LogP contribution in [0.25, 0.3) is 0 Å². The normalized spacial score (nSPS) is 13.7. The van der Waals surface area contributed by atoms with Crippen LogP contribution in [0.1, 0.15) is 45.6 Å². The molecule has 7 nitrogen and oxygen atoms in total. The van der Waals surface area contributed by atoms with Gasteiger partial charge in [-0.1, -0.05) is 50.3 Å². The minimum atomic E-state index is -3.01. The van der Waals surface area contributed by atoms with Crippen molar-refractivity contribution in [3.05, 3.63) is 47.5 Å². The van der Waals surface area contributed by atoms with Crippen molar-refractivity contribution >= 4 is 19.3 Å². The summed E-state index contributed by atoms with van der Waals surface area (Å²) in [7, 11) is -3.01. The number of carboxylic acid groups (broad SMARTS) is 1. The largest absolute Gasteiger partial charge is 0.478 e. The van der Waals surface area contributed by atoms with Gasteiger partial charge in [-0.15, -0.1) is 0 Å². The fourth-order valence-corrected chi connectivity index (χ4v) is 5.76. The molecule has 0 bridgehead atoms. The van der Waals surface area contributed by atoms with E-state index in [1.807, 2.05) is 44.2 Å². The Balaban J connectivity index is 2.31. The third kappa shape index (κ3) is 12.5. The van der Waals surface area contributed by atoms with Gasteiger partial charge in [0.05, 0.1) is 19.2 Å². The molecule has 0 amide bonds. The van der Waals surface area contributed by atoms with Gasteiger partial charge in [-0.2, -0.15) is 0 Å². The second-order valence-electron chi connectivity index (χ2n) is 7.79. The quantitative estimate of drug-likeness (QED) is 0.165. The molecule has 174 valence electrons. The van der Waals surface area contributed by atoms with E-state index in [9.17, 15) is 19.3 Å². The number of unbranched alkanes of at least 4 members (excludes halogenated alkanes) is 1. The molecule has 0 aliphatic carbocycles. The Morgan fingerprint density at radius 1 is 1.19 bits per heavy atom. The lowest BCUT2D eigenvalue weighted by Crippen LogP contribution is -2.20. The lowest BCUT2D eigenvalue weighted by Gasteiger charge is -2.20. The van der Waals surface area contributed by atoms with E-state index in [4.69, 9.17) is 9.26 Å². The molecule has 0 saturated heterocycles. The average molecular weight is 454 g/mol. The predicted octanol–water partition coefficient (Wildman–Crippen LogP) is 4.47. The second-order valence-corrected chi connectivity index (χ2v) is 10.4. The van der Waals surface area contributed by atoms with Crippen LogP contribution in [0, 0.1) is 5.92 Å². The molecule has 0 spiro atoms. The zero-order valence-corrected chi connectivity index (χ0v) is 19.7. The van der Waals surface area contributed by atoms with Gasteiger partial charge in [0.2, 0.25) is 7.37 Å². The lowest BCUT2D eigenvalue weighted by atomic mass is 10.2. The molecule has 1 unspecified atom stereocenters. The molecular formula is C23H36NO6P. The van der Waals surface area contributed by atoms with E-state index in [2.05, 4.69) is 5.32 Å². The highest BCUT2D eigenvalue weighted by Gasteiger charge is 2.27. The minimum absolute atomic E-state index is 0.0466. The summed E-state index contributed by atoms with van der Waals surface area (Å²) >= 11 is 0. The van der Waals surface area contributed by atoms with Crippen LogP contribution in [0.15, 0.2) is 42.0 Å². The van der Waals surface area contributed by atoms with Crippen molar-refractivity contribution in [3.8, 4) is 0 Å². The zero-order chi connectivity index (χ0) is 23.1. The molecule has 0 radical (unpaired) electrons. The number of carboxylic acids is 1. The summed E-state index contributed by atoms with van der Waals surface area (Å²) in [5.74, 6) is -1.16. The molecule has 8 heteroatoms. The molecule has 0 aliphatic heterocycles. The number of nitrogens with one attached hydrogen (secondary N) is 1. The Bertz CT molecular complexity index is 748. The van der Waals surface area contributed by atoms with Gasteiger partial charge in [0.25, 0.3) is 0 Å². The first-order valence-corrected chi connectivity index (χ1v) is 12.8. The smallest absolute Gasteiger partial charge is 0.331 e. The van der Waals surface area contributed by atoms with E-state index < -0.39 is 13.3 Å². The molecule has 0 aromatic heterocycles. The molecule has 31 heavy (non-hydrogen) atoms. The number of allylic oxidation sites excluding steroid dienone is 1. The van der Waals surface area contributed by atoms with Gasteiger partial charge in [-0.05, 0) is 37.8 Å². The van der Waals surface area contributed by atoms with Gasteiger partial charge in [-0.25, -0.2) is 4.79 Å². The summed E-state index contributed by atoms with van der Waals surface area (Å²) in [6.07, 6.45) is 3.47. The lowest BCUT2D eigenvalue weighted by molar-refractivity contribution is -0.144. The van der Waals surface area contributed by atoms with E-state index >= 15 is 0 Å².